The molecule has 0 radical (unpaired) electrons. The van der Waals surface area contributed by atoms with Gasteiger partial charge in [0.05, 0.1) is 23.0 Å². The first-order valence-electron chi connectivity index (χ1n) is 7.55. The normalized spacial score (nSPS) is 10.9. The smallest absolute Gasteiger partial charge is 0.198 e. The van der Waals surface area contributed by atoms with Crippen molar-refractivity contribution in [3.63, 3.8) is 0 Å². The average molecular weight is 316 g/mol. The molecule has 4 aromatic rings. The van der Waals surface area contributed by atoms with Crippen molar-refractivity contribution in [2.75, 3.05) is 0 Å². The van der Waals surface area contributed by atoms with Gasteiger partial charge >= 0.3 is 0 Å². The number of hydrogen-bond acceptors (Lipinski definition) is 2. The predicted molar refractivity (Wildman–Crippen MR) is 90.9 cm³/mol. The number of halogens is 1. The Hall–Kier alpha value is -3.27. The van der Waals surface area contributed by atoms with Crippen LogP contribution in [-0.4, -0.2) is 15.3 Å². The highest BCUT2D eigenvalue weighted by Crippen LogP contribution is 2.27. The summed E-state index contributed by atoms with van der Waals surface area (Å²) in [5, 5.41) is 0.787. The molecule has 116 valence electrons. The molecule has 0 amide bonds. The zero-order chi connectivity index (χ0) is 16.5. The topological polar surface area (TPSA) is 34.9 Å². The highest BCUT2D eigenvalue weighted by molar-refractivity contribution is 6.16. The molecule has 0 saturated carbocycles. The third-order valence-electron chi connectivity index (χ3n) is 4.00. The number of fused-ring (bicyclic) bond motifs is 1. The van der Waals surface area contributed by atoms with E-state index in [2.05, 4.69) is 4.98 Å². The van der Waals surface area contributed by atoms with E-state index in [1.54, 1.807) is 30.7 Å². The van der Waals surface area contributed by atoms with Gasteiger partial charge in [0.2, 0.25) is 0 Å². The maximum Gasteiger partial charge on any atom is 0.198 e. The second kappa shape index (κ2) is 5.74. The molecule has 3 nitrogen and oxygen atoms in total. The highest BCUT2D eigenvalue weighted by Gasteiger charge is 2.19. The largest absolute Gasteiger partial charge is 0.314 e. The summed E-state index contributed by atoms with van der Waals surface area (Å²) in [5.74, 6) is -0.840. The van der Waals surface area contributed by atoms with Gasteiger partial charge in [-0.1, -0.05) is 30.3 Å². The molecule has 0 atom stereocenters. The molecule has 24 heavy (non-hydrogen) atoms. The van der Waals surface area contributed by atoms with Crippen LogP contribution in [0.2, 0.25) is 0 Å². The maximum absolute atomic E-state index is 14.0. The van der Waals surface area contributed by atoms with Crippen LogP contribution in [-0.2, 0) is 0 Å². The standard InChI is InChI=1S/C20H13FN2O/c21-18-9-3-1-8-16(18)20(24)17-13-23(14-6-5-11-22-12-14)19-10-4-2-7-15(17)19/h1-13H. The van der Waals surface area contributed by atoms with Gasteiger partial charge in [-0.2, -0.15) is 0 Å². The van der Waals surface area contributed by atoms with Crippen molar-refractivity contribution in [3.8, 4) is 5.69 Å². The molecule has 0 spiro atoms. The molecule has 0 aliphatic carbocycles. The Balaban J connectivity index is 1.94. The predicted octanol–water partition coefficient (Wildman–Crippen LogP) is 4.40. The fourth-order valence-electron chi connectivity index (χ4n) is 2.86. The summed E-state index contributed by atoms with van der Waals surface area (Å²) in [6.45, 7) is 0. The van der Waals surface area contributed by atoms with Crippen LogP contribution in [0.4, 0.5) is 4.39 Å². The fraction of sp³-hybridized carbons (Fsp3) is 0. The molecule has 4 heteroatoms. The molecule has 0 saturated heterocycles. The van der Waals surface area contributed by atoms with Gasteiger partial charge in [0.1, 0.15) is 5.82 Å². The Bertz CT molecular complexity index is 1040. The molecule has 2 aromatic carbocycles. The lowest BCUT2D eigenvalue weighted by molar-refractivity contribution is 0.103. The molecule has 0 bridgehead atoms. The minimum atomic E-state index is -0.513. The van der Waals surface area contributed by atoms with Crippen LogP contribution < -0.4 is 0 Å². The minimum absolute atomic E-state index is 0.0755. The lowest BCUT2D eigenvalue weighted by Crippen LogP contribution is -2.03. The molecular weight excluding hydrogens is 303 g/mol. The molecule has 4 rings (SSSR count). The van der Waals surface area contributed by atoms with Crippen molar-refractivity contribution in [2.45, 2.75) is 0 Å². The van der Waals surface area contributed by atoms with Crippen LogP contribution in [0.15, 0.2) is 79.3 Å². The Morgan fingerprint density at radius 1 is 0.917 bits per heavy atom. The number of carbonyl (C=O) groups is 1. The zero-order valence-electron chi connectivity index (χ0n) is 12.7. The molecule has 0 fully saturated rings. The summed E-state index contributed by atoms with van der Waals surface area (Å²) >= 11 is 0. The van der Waals surface area contributed by atoms with Gasteiger partial charge in [0.25, 0.3) is 0 Å². The van der Waals surface area contributed by atoms with Gasteiger partial charge in [-0.15, -0.1) is 0 Å². The molecule has 0 N–H and O–H groups in total. The molecule has 2 aromatic heterocycles. The number of nitrogens with zero attached hydrogens (tertiary/aromatic N) is 2. The molecule has 0 aliphatic heterocycles. The van der Waals surface area contributed by atoms with Crippen LogP contribution in [0.3, 0.4) is 0 Å². The van der Waals surface area contributed by atoms with Crippen LogP contribution in [0, 0.1) is 5.82 Å². The van der Waals surface area contributed by atoms with Crippen LogP contribution in [0.5, 0.6) is 0 Å². The first-order valence-corrected chi connectivity index (χ1v) is 7.55. The van der Waals surface area contributed by atoms with Crippen molar-refractivity contribution in [1.29, 1.82) is 0 Å². The van der Waals surface area contributed by atoms with Gasteiger partial charge in [-0.25, -0.2) is 4.39 Å². The first-order chi connectivity index (χ1) is 11.8. The fourth-order valence-corrected chi connectivity index (χ4v) is 2.86. The Kier molecular flexibility index (Phi) is 3.43. The maximum atomic E-state index is 14.0. The first kappa shape index (κ1) is 14.3. The van der Waals surface area contributed by atoms with E-state index in [1.165, 1.54) is 12.1 Å². The average Bonchev–Trinajstić information content (AvgIpc) is 3.02. The summed E-state index contributed by atoms with van der Waals surface area (Å²) in [6.07, 6.45) is 5.17. The van der Waals surface area contributed by atoms with Crippen molar-refractivity contribution in [2.24, 2.45) is 0 Å². The lowest BCUT2D eigenvalue weighted by Gasteiger charge is -2.03. The number of pyridine rings is 1. The van der Waals surface area contributed by atoms with E-state index in [0.29, 0.717) is 5.56 Å². The molecule has 0 aliphatic rings. The van der Waals surface area contributed by atoms with E-state index in [4.69, 9.17) is 0 Å². The second-order valence-corrected chi connectivity index (χ2v) is 5.45. The molecule has 2 heterocycles. The Morgan fingerprint density at radius 2 is 1.71 bits per heavy atom. The monoisotopic (exact) mass is 316 g/mol. The molecular formula is C20H13FN2O. The summed E-state index contributed by atoms with van der Waals surface area (Å²) in [4.78, 5) is 17.0. The van der Waals surface area contributed by atoms with Gasteiger partial charge in [-0.3, -0.25) is 9.78 Å². The number of hydrogen-bond donors (Lipinski definition) is 0. The summed E-state index contributed by atoms with van der Waals surface area (Å²) in [6, 6.07) is 17.4. The van der Waals surface area contributed by atoms with Gasteiger partial charge in [0.15, 0.2) is 5.78 Å². The van der Waals surface area contributed by atoms with E-state index in [0.717, 1.165) is 16.6 Å². The highest BCUT2D eigenvalue weighted by atomic mass is 19.1. The van der Waals surface area contributed by atoms with Crippen molar-refractivity contribution in [3.05, 3.63) is 96.2 Å². The third-order valence-corrected chi connectivity index (χ3v) is 4.00. The second-order valence-electron chi connectivity index (χ2n) is 5.45. The summed E-state index contributed by atoms with van der Waals surface area (Å²) in [7, 11) is 0. The van der Waals surface area contributed by atoms with Gasteiger partial charge in [0, 0.05) is 23.3 Å². The molecule has 0 unspecified atom stereocenters. The number of aromatic nitrogens is 2. The summed E-state index contributed by atoms with van der Waals surface area (Å²) < 4.78 is 15.9. The Labute approximate surface area is 138 Å². The lowest BCUT2D eigenvalue weighted by atomic mass is 10.0. The van der Waals surface area contributed by atoms with Crippen LogP contribution in [0.25, 0.3) is 16.6 Å². The Morgan fingerprint density at radius 3 is 2.50 bits per heavy atom. The summed E-state index contributed by atoms with van der Waals surface area (Å²) in [5.41, 5.74) is 2.28. The minimum Gasteiger partial charge on any atom is -0.314 e. The number of benzene rings is 2. The van der Waals surface area contributed by atoms with E-state index < -0.39 is 5.82 Å². The number of para-hydroxylation sites is 1. The van der Waals surface area contributed by atoms with Crippen molar-refractivity contribution >= 4 is 16.7 Å². The number of ketones is 1. The van der Waals surface area contributed by atoms with Crippen molar-refractivity contribution in [1.82, 2.24) is 9.55 Å². The number of rotatable bonds is 3. The van der Waals surface area contributed by atoms with E-state index in [-0.39, 0.29) is 11.3 Å². The van der Waals surface area contributed by atoms with Crippen LogP contribution in [0.1, 0.15) is 15.9 Å². The third kappa shape index (κ3) is 2.29. The van der Waals surface area contributed by atoms with E-state index in [1.807, 2.05) is 41.0 Å². The van der Waals surface area contributed by atoms with Gasteiger partial charge < -0.3 is 4.57 Å². The zero-order valence-corrected chi connectivity index (χ0v) is 12.7. The van der Waals surface area contributed by atoms with Crippen LogP contribution >= 0.6 is 0 Å². The van der Waals surface area contributed by atoms with Gasteiger partial charge in [-0.05, 0) is 30.3 Å². The van der Waals surface area contributed by atoms with E-state index in [9.17, 15) is 9.18 Å². The SMILES string of the molecule is O=C(c1ccccc1F)c1cn(-c2cccnc2)c2ccccc12. The quantitative estimate of drug-likeness (QED) is 0.525. The van der Waals surface area contributed by atoms with E-state index >= 15 is 0 Å². The van der Waals surface area contributed by atoms with Crippen molar-refractivity contribution < 1.29 is 9.18 Å². The number of carbonyl (C=O) groups excluding carboxylic acids is 1.